The van der Waals surface area contributed by atoms with Crippen molar-refractivity contribution < 1.29 is 18.7 Å². The molecule has 1 heterocycles. The van der Waals surface area contributed by atoms with Crippen LogP contribution in [0.25, 0.3) is 0 Å². The Hall–Kier alpha value is -2.24. The Morgan fingerprint density at radius 1 is 1.41 bits per heavy atom. The van der Waals surface area contributed by atoms with Crippen LogP contribution in [-0.2, 0) is 9.53 Å². The molecule has 0 spiro atoms. The van der Waals surface area contributed by atoms with Crippen molar-refractivity contribution in [3.05, 3.63) is 51.1 Å². The van der Waals surface area contributed by atoms with Crippen LogP contribution >= 0.6 is 27.3 Å². The van der Waals surface area contributed by atoms with E-state index in [-0.39, 0.29) is 5.56 Å². The first-order valence-electron chi connectivity index (χ1n) is 5.91. The Morgan fingerprint density at radius 2 is 2.18 bits per heavy atom. The van der Waals surface area contributed by atoms with Gasteiger partial charge in [-0.15, -0.1) is 11.3 Å². The molecule has 0 bridgehead atoms. The summed E-state index contributed by atoms with van der Waals surface area (Å²) >= 11 is 4.25. The average Bonchev–Trinajstić information content (AvgIpc) is 2.92. The van der Waals surface area contributed by atoms with Gasteiger partial charge in [0.2, 0.25) is 0 Å². The van der Waals surface area contributed by atoms with Gasteiger partial charge in [-0.25, -0.2) is 9.18 Å². The molecule has 5 nitrogen and oxygen atoms in total. The number of hydrogen-bond acceptors (Lipinski definition) is 5. The number of benzene rings is 1. The molecule has 1 N–H and O–H groups in total. The van der Waals surface area contributed by atoms with E-state index in [0.717, 1.165) is 6.07 Å². The van der Waals surface area contributed by atoms with Gasteiger partial charge in [-0.2, -0.15) is 5.26 Å². The molecule has 0 saturated carbocycles. The molecule has 0 aliphatic rings. The Bertz CT molecular complexity index is 770. The van der Waals surface area contributed by atoms with E-state index >= 15 is 0 Å². The van der Waals surface area contributed by atoms with E-state index < -0.39 is 24.3 Å². The molecule has 2 rings (SSSR count). The second kappa shape index (κ2) is 7.15. The van der Waals surface area contributed by atoms with Crippen molar-refractivity contribution in [2.75, 3.05) is 11.9 Å². The minimum absolute atomic E-state index is 0.259. The number of carbonyl (C=O) groups excluding carboxylic acids is 2. The van der Waals surface area contributed by atoms with Crippen LogP contribution in [0.3, 0.4) is 0 Å². The lowest BCUT2D eigenvalue weighted by Gasteiger charge is -2.06. The molecular formula is C14H8BrFN2O3S. The number of nitrogens with one attached hydrogen (secondary N) is 1. The van der Waals surface area contributed by atoms with Crippen molar-refractivity contribution in [2.45, 2.75) is 0 Å². The van der Waals surface area contributed by atoms with E-state index in [1.165, 1.54) is 23.5 Å². The summed E-state index contributed by atoms with van der Waals surface area (Å²) in [6.45, 7) is -0.572. The largest absolute Gasteiger partial charge is 0.452 e. The maximum atomic E-state index is 13.6. The van der Waals surface area contributed by atoms with Crippen LogP contribution in [0.4, 0.5) is 9.39 Å². The van der Waals surface area contributed by atoms with Gasteiger partial charge in [-0.05, 0) is 29.6 Å². The zero-order valence-corrected chi connectivity index (χ0v) is 13.3. The first-order valence-corrected chi connectivity index (χ1v) is 7.58. The molecule has 1 aromatic carbocycles. The van der Waals surface area contributed by atoms with E-state index in [1.807, 2.05) is 6.07 Å². The fraction of sp³-hybridized carbons (Fsp3) is 0.0714. The normalized spacial score (nSPS) is 9.86. The van der Waals surface area contributed by atoms with E-state index in [2.05, 4.69) is 21.2 Å². The second-order valence-electron chi connectivity index (χ2n) is 4.02. The van der Waals surface area contributed by atoms with Crippen LogP contribution in [0.15, 0.2) is 34.1 Å². The SMILES string of the molecule is N#Cc1ccsc1NC(=O)COC(=O)c1ccc(Br)cc1F. The van der Waals surface area contributed by atoms with Crippen molar-refractivity contribution >= 4 is 44.1 Å². The molecule has 0 radical (unpaired) electrons. The van der Waals surface area contributed by atoms with Gasteiger partial charge in [-0.3, -0.25) is 4.79 Å². The standard InChI is InChI=1S/C14H8BrFN2O3S/c15-9-1-2-10(11(16)5-9)14(20)21-7-12(19)18-13-8(6-17)3-4-22-13/h1-5H,7H2,(H,18,19). The summed E-state index contributed by atoms with van der Waals surface area (Å²) in [6, 6.07) is 7.35. The monoisotopic (exact) mass is 382 g/mol. The van der Waals surface area contributed by atoms with E-state index in [0.29, 0.717) is 15.0 Å². The highest BCUT2D eigenvalue weighted by Crippen LogP contribution is 2.22. The molecular weight excluding hydrogens is 375 g/mol. The van der Waals surface area contributed by atoms with Gasteiger partial charge in [0.25, 0.3) is 5.91 Å². The molecule has 112 valence electrons. The number of halogens is 2. The highest BCUT2D eigenvalue weighted by Gasteiger charge is 2.16. The molecule has 0 aliphatic carbocycles. The maximum absolute atomic E-state index is 13.6. The number of esters is 1. The number of nitrogens with zero attached hydrogens (tertiary/aromatic N) is 1. The molecule has 0 fully saturated rings. The number of amides is 1. The van der Waals surface area contributed by atoms with Gasteiger partial charge in [0, 0.05) is 4.47 Å². The molecule has 0 atom stereocenters. The number of anilines is 1. The fourth-order valence-corrected chi connectivity index (χ4v) is 2.61. The molecule has 22 heavy (non-hydrogen) atoms. The van der Waals surface area contributed by atoms with Crippen LogP contribution < -0.4 is 5.32 Å². The molecule has 1 aromatic heterocycles. The van der Waals surface area contributed by atoms with Gasteiger partial charge >= 0.3 is 5.97 Å². The number of thiophene rings is 1. The summed E-state index contributed by atoms with van der Waals surface area (Å²) in [5.41, 5.74) is 0.0634. The smallest absolute Gasteiger partial charge is 0.341 e. The molecule has 0 aliphatic heterocycles. The van der Waals surface area contributed by atoms with Crippen molar-refractivity contribution in [2.24, 2.45) is 0 Å². The molecule has 2 aromatic rings. The third-order valence-corrected chi connectivity index (χ3v) is 3.85. The van der Waals surface area contributed by atoms with Gasteiger partial charge < -0.3 is 10.1 Å². The van der Waals surface area contributed by atoms with Gasteiger partial charge in [0.1, 0.15) is 16.9 Å². The number of hydrogen-bond donors (Lipinski definition) is 1. The first kappa shape index (κ1) is 16.1. The summed E-state index contributed by atoms with van der Waals surface area (Å²) in [4.78, 5) is 23.4. The number of nitriles is 1. The lowest BCUT2D eigenvalue weighted by Crippen LogP contribution is -2.21. The minimum atomic E-state index is -0.938. The predicted molar refractivity (Wildman–Crippen MR) is 82.0 cm³/mol. The summed E-state index contributed by atoms with van der Waals surface area (Å²) in [7, 11) is 0. The Balaban J connectivity index is 1.94. The van der Waals surface area contributed by atoms with Crippen molar-refractivity contribution in [3.63, 3.8) is 0 Å². The molecule has 0 saturated heterocycles. The summed E-state index contributed by atoms with van der Waals surface area (Å²) in [5, 5.41) is 13.3. The lowest BCUT2D eigenvalue weighted by atomic mass is 10.2. The number of ether oxygens (including phenoxy) is 1. The topological polar surface area (TPSA) is 79.2 Å². The first-order chi connectivity index (χ1) is 10.5. The quantitative estimate of drug-likeness (QED) is 0.822. The van der Waals surface area contributed by atoms with E-state index in [1.54, 1.807) is 11.4 Å². The van der Waals surface area contributed by atoms with Crippen LogP contribution in [0, 0.1) is 17.1 Å². The number of rotatable bonds is 4. The van der Waals surface area contributed by atoms with E-state index in [9.17, 15) is 14.0 Å². The average molecular weight is 383 g/mol. The van der Waals surface area contributed by atoms with Crippen LogP contribution in [-0.4, -0.2) is 18.5 Å². The third-order valence-electron chi connectivity index (χ3n) is 2.52. The third kappa shape index (κ3) is 3.90. The van der Waals surface area contributed by atoms with Gasteiger partial charge in [0.15, 0.2) is 6.61 Å². The summed E-state index contributed by atoms with van der Waals surface area (Å²) in [6.07, 6.45) is 0. The predicted octanol–water partition coefficient (Wildman–Crippen LogP) is 3.32. The maximum Gasteiger partial charge on any atom is 0.341 e. The summed E-state index contributed by atoms with van der Waals surface area (Å²) < 4.78 is 18.8. The van der Waals surface area contributed by atoms with Crippen molar-refractivity contribution in [1.29, 1.82) is 5.26 Å². The van der Waals surface area contributed by atoms with Crippen LogP contribution in [0.2, 0.25) is 0 Å². The Kier molecular flexibility index (Phi) is 5.25. The highest BCUT2D eigenvalue weighted by molar-refractivity contribution is 9.10. The molecule has 1 amide bonds. The van der Waals surface area contributed by atoms with Crippen LogP contribution in [0.1, 0.15) is 15.9 Å². The van der Waals surface area contributed by atoms with Crippen molar-refractivity contribution in [3.8, 4) is 6.07 Å². The van der Waals surface area contributed by atoms with Crippen LogP contribution in [0.5, 0.6) is 0 Å². The van der Waals surface area contributed by atoms with Gasteiger partial charge in [0.05, 0.1) is 11.1 Å². The Morgan fingerprint density at radius 3 is 2.86 bits per heavy atom. The zero-order valence-electron chi connectivity index (χ0n) is 10.9. The Labute approximate surface area is 137 Å². The lowest BCUT2D eigenvalue weighted by molar-refractivity contribution is -0.119. The molecule has 8 heteroatoms. The molecule has 0 unspecified atom stereocenters. The number of carbonyl (C=O) groups is 2. The summed E-state index contributed by atoms with van der Waals surface area (Å²) in [5.74, 6) is -2.29. The zero-order chi connectivity index (χ0) is 16.1. The minimum Gasteiger partial charge on any atom is -0.452 e. The second-order valence-corrected chi connectivity index (χ2v) is 5.86. The fourth-order valence-electron chi connectivity index (χ4n) is 1.52. The van der Waals surface area contributed by atoms with E-state index in [4.69, 9.17) is 10.00 Å². The highest BCUT2D eigenvalue weighted by atomic mass is 79.9. The van der Waals surface area contributed by atoms with Crippen molar-refractivity contribution in [1.82, 2.24) is 0 Å². The van der Waals surface area contributed by atoms with Gasteiger partial charge in [-0.1, -0.05) is 15.9 Å².